The summed E-state index contributed by atoms with van der Waals surface area (Å²) < 4.78 is 2.55. The van der Waals surface area contributed by atoms with Crippen LogP contribution in [0.15, 0.2) is 9.59 Å². The molecule has 146 valence electrons. The maximum absolute atomic E-state index is 12.2. The lowest BCUT2D eigenvalue weighted by molar-refractivity contribution is 0.548. The highest BCUT2D eigenvalue weighted by Crippen LogP contribution is 2.13. The van der Waals surface area contributed by atoms with Gasteiger partial charge in [0, 0.05) is 20.5 Å². The van der Waals surface area contributed by atoms with Crippen LogP contribution in [0.25, 0.3) is 11.2 Å². The van der Waals surface area contributed by atoms with Crippen LogP contribution in [0.3, 0.4) is 0 Å². The van der Waals surface area contributed by atoms with E-state index in [-0.39, 0.29) is 11.2 Å². The number of aromatic amines is 1. The van der Waals surface area contributed by atoms with Gasteiger partial charge in [-0.15, -0.1) is 0 Å². The third kappa shape index (κ3) is 5.32. The molecule has 0 atom stereocenters. The molecule has 6 heteroatoms. The monoisotopic (exact) mass is 362 g/mol. The number of nitrogens with one attached hydrogen (secondary N) is 1. The molecule has 26 heavy (non-hydrogen) atoms. The van der Waals surface area contributed by atoms with Crippen molar-refractivity contribution in [2.24, 2.45) is 14.1 Å². The van der Waals surface area contributed by atoms with E-state index in [4.69, 9.17) is 0 Å². The average molecular weight is 363 g/mol. The van der Waals surface area contributed by atoms with Gasteiger partial charge in [-0.1, -0.05) is 71.1 Å². The largest absolute Gasteiger partial charge is 0.336 e. The average Bonchev–Trinajstić information content (AvgIpc) is 3.07. The van der Waals surface area contributed by atoms with Crippen molar-refractivity contribution in [2.75, 3.05) is 0 Å². The Bertz CT molecular complexity index is 800. The molecular formula is C20H34N4O2. The van der Waals surface area contributed by atoms with Crippen LogP contribution in [0.4, 0.5) is 0 Å². The molecule has 0 amide bonds. The zero-order chi connectivity index (χ0) is 18.9. The maximum Gasteiger partial charge on any atom is 0.332 e. The fraction of sp³-hybridized carbons (Fsp3) is 0.750. The zero-order valence-corrected chi connectivity index (χ0v) is 16.6. The molecule has 0 fully saturated rings. The van der Waals surface area contributed by atoms with Crippen LogP contribution in [-0.2, 0) is 20.5 Å². The molecule has 0 unspecified atom stereocenters. The third-order valence-electron chi connectivity index (χ3n) is 5.16. The summed E-state index contributed by atoms with van der Waals surface area (Å²) in [6, 6.07) is 0. The van der Waals surface area contributed by atoms with Gasteiger partial charge in [0.05, 0.1) is 0 Å². The van der Waals surface area contributed by atoms with E-state index in [1.165, 1.54) is 75.8 Å². The number of H-pyrrole nitrogens is 1. The number of rotatable bonds is 12. The van der Waals surface area contributed by atoms with Gasteiger partial charge in [0.25, 0.3) is 5.56 Å². The highest BCUT2D eigenvalue weighted by atomic mass is 16.2. The number of aromatic nitrogens is 4. The Labute approximate surface area is 155 Å². The summed E-state index contributed by atoms with van der Waals surface area (Å²) in [5, 5.41) is 0. The van der Waals surface area contributed by atoms with E-state index in [0.717, 1.165) is 23.2 Å². The molecule has 0 saturated carbocycles. The van der Waals surface area contributed by atoms with Crippen LogP contribution in [0.5, 0.6) is 0 Å². The number of fused-ring (bicyclic) bond motifs is 1. The van der Waals surface area contributed by atoms with E-state index in [2.05, 4.69) is 16.9 Å². The molecule has 0 aliphatic rings. The van der Waals surface area contributed by atoms with E-state index in [1.807, 2.05) is 0 Å². The first-order valence-electron chi connectivity index (χ1n) is 10.2. The molecule has 0 aliphatic heterocycles. The number of hydrogen-bond acceptors (Lipinski definition) is 3. The molecule has 2 aromatic rings. The van der Waals surface area contributed by atoms with Crippen molar-refractivity contribution in [2.45, 2.75) is 84.0 Å². The van der Waals surface area contributed by atoms with Crippen molar-refractivity contribution >= 4 is 11.2 Å². The molecule has 0 aromatic carbocycles. The Morgan fingerprint density at radius 3 is 1.92 bits per heavy atom. The first-order chi connectivity index (χ1) is 12.6. The van der Waals surface area contributed by atoms with Crippen LogP contribution < -0.4 is 11.2 Å². The number of nitrogens with zero attached hydrogens (tertiary/aromatic N) is 3. The van der Waals surface area contributed by atoms with Gasteiger partial charge in [0.15, 0.2) is 5.65 Å². The Hall–Kier alpha value is -1.85. The Balaban J connectivity index is 1.69. The lowest BCUT2D eigenvalue weighted by Gasteiger charge is -2.02. The van der Waals surface area contributed by atoms with E-state index in [0.29, 0.717) is 11.2 Å². The topological polar surface area (TPSA) is 72.7 Å². The van der Waals surface area contributed by atoms with Crippen molar-refractivity contribution in [1.29, 1.82) is 0 Å². The van der Waals surface area contributed by atoms with Crippen molar-refractivity contribution in [3.8, 4) is 0 Å². The highest BCUT2D eigenvalue weighted by Gasteiger charge is 2.12. The second kappa shape index (κ2) is 10.3. The van der Waals surface area contributed by atoms with Crippen LogP contribution >= 0.6 is 0 Å². The molecule has 2 rings (SSSR count). The summed E-state index contributed by atoms with van der Waals surface area (Å²) in [4.78, 5) is 31.7. The van der Waals surface area contributed by atoms with E-state index >= 15 is 0 Å². The number of imidazole rings is 1. The van der Waals surface area contributed by atoms with Gasteiger partial charge < -0.3 is 4.98 Å². The summed E-state index contributed by atoms with van der Waals surface area (Å²) >= 11 is 0. The van der Waals surface area contributed by atoms with E-state index in [9.17, 15) is 9.59 Å². The summed E-state index contributed by atoms with van der Waals surface area (Å²) in [7, 11) is 3.14. The SMILES string of the molecule is CCCCCCCCCCCCCc1nc2c([nH]1)c(=O)n(C)c(=O)n2C. The van der Waals surface area contributed by atoms with Gasteiger partial charge in [-0.2, -0.15) is 0 Å². The van der Waals surface area contributed by atoms with Crippen LogP contribution in [-0.4, -0.2) is 19.1 Å². The molecular weight excluding hydrogens is 328 g/mol. The van der Waals surface area contributed by atoms with Crippen LogP contribution in [0, 0.1) is 0 Å². The minimum absolute atomic E-state index is 0.305. The number of hydrogen-bond donors (Lipinski definition) is 1. The normalized spacial score (nSPS) is 11.5. The minimum Gasteiger partial charge on any atom is -0.336 e. The van der Waals surface area contributed by atoms with Crippen LogP contribution in [0.1, 0.15) is 83.4 Å². The standard InChI is InChI=1S/C20H34N4O2/c1-4-5-6-7-8-9-10-11-12-13-14-15-16-21-17-18(22-16)23(2)20(26)24(3)19(17)25/h4-15H2,1-3H3,(H,21,22). The van der Waals surface area contributed by atoms with E-state index < -0.39 is 0 Å². The molecule has 2 heterocycles. The van der Waals surface area contributed by atoms with Crippen LogP contribution in [0.2, 0.25) is 0 Å². The van der Waals surface area contributed by atoms with Crippen molar-refractivity contribution in [3.63, 3.8) is 0 Å². The molecule has 6 nitrogen and oxygen atoms in total. The predicted octanol–water partition coefficient (Wildman–Crippen LogP) is 3.81. The first-order valence-corrected chi connectivity index (χ1v) is 10.2. The number of aryl methyl sites for hydroxylation is 2. The predicted molar refractivity (Wildman–Crippen MR) is 107 cm³/mol. The molecule has 0 aliphatic carbocycles. The fourth-order valence-corrected chi connectivity index (χ4v) is 3.45. The summed E-state index contributed by atoms with van der Waals surface area (Å²) in [5.41, 5.74) is 0.236. The lowest BCUT2D eigenvalue weighted by Crippen LogP contribution is -2.36. The van der Waals surface area contributed by atoms with Gasteiger partial charge in [0.2, 0.25) is 0 Å². The first kappa shape index (κ1) is 20.5. The minimum atomic E-state index is -0.338. The zero-order valence-electron chi connectivity index (χ0n) is 16.6. The van der Waals surface area contributed by atoms with Gasteiger partial charge in [-0.3, -0.25) is 13.9 Å². The maximum atomic E-state index is 12.2. The van der Waals surface area contributed by atoms with E-state index in [1.54, 1.807) is 7.05 Å². The van der Waals surface area contributed by atoms with Crippen molar-refractivity contribution < 1.29 is 0 Å². The Kier molecular flexibility index (Phi) is 8.13. The lowest BCUT2D eigenvalue weighted by atomic mass is 10.1. The second-order valence-corrected chi connectivity index (χ2v) is 7.37. The second-order valence-electron chi connectivity index (χ2n) is 7.37. The smallest absolute Gasteiger partial charge is 0.332 e. The highest BCUT2D eigenvalue weighted by molar-refractivity contribution is 5.69. The Morgan fingerprint density at radius 1 is 0.808 bits per heavy atom. The van der Waals surface area contributed by atoms with Crippen molar-refractivity contribution in [1.82, 2.24) is 19.1 Å². The Morgan fingerprint density at radius 2 is 1.35 bits per heavy atom. The quantitative estimate of drug-likeness (QED) is 0.584. The van der Waals surface area contributed by atoms with Gasteiger partial charge in [0.1, 0.15) is 11.3 Å². The van der Waals surface area contributed by atoms with Gasteiger partial charge >= 0.3 is 5.69 Å². The third-order valence-corrected chi connectivity index (χ3v) is 5.16. The molecule has 0 radical (unpaired) electrons. The molecule has 0 bridgehead atoms. The molecule has 1 N–H and O–H groups in total. The summed E-state index contributed by atoms with van der Waals surface area (Å²) in [6.07, 6.45) is 15.2. The fourth-order valence-electron chi connectivity index (χ4n) is 3.45. The molecule has 0 saturated heterocycles. The van der Waals surface area contributed by atoms with Gasteiger partial charge in [-0.25, -0.2) is 9.78 Å². The van der Waals surface area contributed by atoms with Gasteiger partial charge in [-0.05, 0) is 6.42 Å². The molecule has 2 aromatic heterocycles. The summed E-state index contributed by atoms with van der Waals surface area (Å²) in [5.74, 6) is 0.800. The van der Waals surface area contributed by atoms with Crippen molar-refractivity contribution in [3.05, 3.63) is 26.7 Å². The number of unbranched alkanes of at least 4 members (excludes halogenated alkanes) is 10. The summed E-state index contributed by atoms with van der Waals surface area (Å²) in [6.45, 7) is 2.26. The molecule has 0 spiro atoms.